The van der Waals surface area contributed by atoms with Crippen molar-refractivity contribution >= 4 is 24.2 Å². The van der Waals surface area contributed by atoms with Gasteiger partial charge in [0.05, 0.1) is 11.0 Å². The second-order valence-electron chi connectivity index (χ2n) is 6.85. The van der Waals surface area contributed by atoms with E-state index in [1.807, 2.05) is 13.8 Å². The molecule has 1 aliphatic rings. The largest absolute Gasteiger partial charge is 0.416 e. The summed E-state index contributed by atoms with van der Waals surface area (Å²) in [6.07, 6.45) is -3.12. The van der Waals surface area contributed by atoms with Crippen LogP contribution >= 0.6 is 12.4 Å². The van der Waals surface area contributed by atoms with Crippen LogP contribution in [0, 0.1) is 5.41 Å². The van der Waals surface area contributed by atoms with Crippen molar-refractivity contribution in [3.63, 3.8) is 0 Å². The Labute approximate surface area is 169 Å². The predicted molar refractivity (Wildman–Crippen MR) is 103 cm³/mol. The summed E-state index contributed by atoms with van der Waals surface area (Å²) in [5, 5.41) is 0. The number of nitrogens with two attached hydrogens (primary N) is 1. The molecule has 1 fully saturated rings. The standard InChI is InChI=1S/C19H26F3N3O2.ClH/c1-3-18(4-2,13-23)17(27)25-11-9-24(10-12-25)16(26)14-5-7-15(8-6-14)19(20,21)22;/h5-8H,3-4,9-13,23H2,1-2H3;1H. The fraction of sp³-hybridized carbons (Fsp3) is 0.579. The molecule has 9 heteroatoms. The zero-order chi connectivity index (χ0) is 20.2. The Morgan fingerprint density at radius 3 is 1.82 bits per heavy atom. The lowest BCUT2D eigenvalue weighted by Crippen LogP contribution is -2.55. The van der Waals surface area contributed by atoms with Gasteiger partial charge in [-0.05, 0) is 37.1 Å². The Bertz CT molecular complexity index is 660. The summed E-state index contributed by atoms with van der Waals surface area (Å²) in [6, 6.07) is 4.20. The predicted octanol–water partition coefficient (Wildman–Crippen LogP) is 3.18. The number of rotatable bonds is 5. The molecule has 0 saturated carbocycles. The maximum absolute atomic E-state index is 12.8. The van der Waals surface area contributed by atoms with Crippen molar-refractivity contribution in [3.05, 3.63) is 35.4 Å². The second kappa shape index (κ2) is 9.60. The van der Waals surface area contributed by atoms with Crippen molar-refractivity contribution in [2.24, 2.45) is 11.1 Å². The molecular weight excluding hydrogens is 395 g/mol. The van der Waals surface area contributed by atoms with Crippen molar-refractivity contribution in [2.75, 3.05) is 32.7 Å². The van der Waals surface area contributed by atoms with Gasteiger partial charge < -0.3 is 15.5 Å². The highest BCUT2D eigenvalue weighted by molar-refractivity contribution is 5.94. The Morgan fingerprint density at radius 1 is 0.964 bits per heavy atom. The monoisotopic (exact) mass is 421 g/mol. The van der Waals surface area contributed by atoms with Crippen molar-refractivity contribution < 1.29 is 22.8 Å². The van der Waals surface area contributed by atoms with Gasteiger partial charge in [0, 0.05) is 38.3 Å². The molecule has 28 heavy (non-hydrogen) atoms. The number of piperazine rings is 1. The number of amides is 2. The van der Waals surface area contributed by atoms with Gasteiger partial charge in [0.25, 0.3) is 5.91 Å². The molecule has 1 aliphatic heterocycles. The molecule has 0 spiro atoms. The van der Waals surface area contributed by atoms with E-state index in [4.69, 9.17) is 5.73 Å². The molecule has 1 aromatic carbocycles. The van der Waals surface area contributed by atoms with E-state index in [1.54, 1.807) is 9.80 Å². The van der Waals surface area contributed by atoms with Crippen molar-refractivity contribution in [2.45, 2.75) is 32.9 Å². The van der Waals surface area contributed by atoms with Gasteiger partial charge in [-0.3, -0.25) is 9.59 Å². The Hall–Kier alpha value is -1.80. The minimum atomic E-state index is -4.43. The highest BCUT2D eigenvalue weighted by atomic mass is 35.5. The van der Waals surface area contributed by atoms with E-state index in [9.17, 15) is 22.8 Å². The molecule has 0 aliphatic carbocycles. The van der Waals surface area contributed by atoms with Gasteiger partial charge >= 0.3 is 6.18 Å². The molecule has 1 saturated heterocycles. The lowest BCUT2D eigenvalue weighted by Gasteiger charge is -2.40. The van der Waals surface area contributed by atoms with Crippen LogP contribution < -0.4 is 5.73 Å². The molecule has 158 valence electrons. The van der Waals surface area contributed by atoms with E-state index in [-0.39, 0.29) is 36.3 Å². The number of alkyl halides is 3. The van der Waals surface area contributed by atoms with Gasteiger partial charge in [0.15, 0.2) is 0 Å². The van der Waals surface area contributed by atoms with Crippen LogP contribution in [0.5, 0.6) is 0 Å². The van der Waals surface area contributed by atoms with Gasteiger partial charge in [-0.1, -0.05) is 13.8 Å². The summed E-state index contributed by atoms with van der Waals surface area (Å²) in [5.41, 5.74) is 4.69. The van der Waals surface area contributed by atoms with Crippen molar-refractivity contribution in [1.82, 2.24) is 9.80 Å². The first kappa shape index (κ1) is 24.2. The van der Waals surface area contributed by atoms with Crippen LogP contribution in [0.15, 0.2) is 24.3 Å². The molecule has 0 aromatic heterocycles. The summed E-state index contributed by atoms with van der Waals surface area (Å²) in [4.78, 5) is 28.6. The van der Waals surface area contributed by atoms with Crippen molar-refractivity contribution in [3.8, 4) is 0 Å². The van der Waals surface area contributed by atoms with Crippen LogP contribution in [0.25, 0.3) is 0 Å². The fourth-order valence-corrected chi connectivity index (χ4v) is 3.36. The van der Waals surface area contributed by atoms with Crippen molar-refractivity contribution in [1.29, 1.82) is 0 Å². The molecule has 2 N–H and O–H groups in total. The van der Waals surface area contributed by atoms with E-state index in [1.165, 1.54) is 12.1 Å². The van der Waals surface area contributed by atoms with E-state index in [0.717, 1.165) is 12.1 Å². The maximum atomic E-state index is 12.8. The Balaban J connectivity index is 0.00000392. The Morgan fingerprint density at radius 2 is 1.43 bits per heavy atom. The number of carbonyl (C=O) groups is 2. The first-order valence-corrected chi connectivity index (χ1v) is 9.14. The summed E-state index contributed by atoms with van der Waals surface area (Å²) in [6.45, 7) is 5.65. The normalized spacial score (nSPS) is 15.2. The van der Waals surface area contributed by atoms with E-state index in [2.05, 4.69) is 0 Å². The second-order valence-corrected chi connectivity index (χ2v) is 6.85. The van der Waals surface area contributed by atoms with Gasteiger partial charge in [-0.15, -0.1) is 12.4 Å². The summed E-state index contributed by atoms with van der Waals surface area (Å²) in [7, 11) is 0. The molecular formula is C19H27ClF3N3O2. The maximum Gasteiger partial charge on any atom is 0.416 e. The molecule has 0 bridgehead atoms. The zero-order valence-corrected chi connectivity index (χ0v) is 16.9. The number of hydrogen-bond donors (Lipinski definition) is 1. The third kappa shape index (κ3) is 4.97. The van der Waals surface area contributed by atoms with Crippen LogP contribution in [0.2, 0.25) is 0 Å². The van der Waals surface area contributed by atoms with Gasteiger partial charge in [0.2, 0.25) is 5.91 Å². The topological polar surface area (TPSA) is 66.6 Å². The quantitative estimate of drug-likeness (QED) is 0.794. The van der Waals surface area contributed by atoms with E-state index < -0.39 is 17.2 Å². The number of hydrogen-bond acceptors (Lipinski definition) is 3. The lowest BCUT2D eigenvalue weighted by molar-refractivity contribution is -0.143. The molecule has 0 atom stereocenters. The van der Waals surface area contributed by atoms with Crippen LogP contribution in [0.3, 0.4) is 0 Å². The molecule has 0 radical (unpaired) electrons. The molecule has 5 nitrogen and oxygen atoms in total. The fourth-order valence-electron chi connectivity index (χ4n) is 3.36. The van der Waals surface area contributed by atoms with Gasteiger partial charge in [-0.2, -0.15) is 13.2 Å². The number of nitrogens with zero attached hydrogens (tertiary/aromatic N) is 2. The first-order valence-electron chi connectivity index (χ1n) is 9.14. The lowest BCUT2D eigenvalue weighted by atomic mass is 9.81. The average molecular weight is 422 g/mol. The SMILES string of the molecule is CCC(CC)(CN)C(=O)N1CCN(C(=O)c2ccc(C(F)(F)F)cc2)CC1.Cl. The summed E-state index contributed by atoms with van der Waals surface area (Å²) < 4.78 is 37.9. The molecule has 1 heterocycles. The molecule has 0 unspecified atom stereocenters. The van der Waals surface area contributed by atoms with E-state index in [0.29, 0.717) is 39.0 Å². The number of benzene rings is 1. The smallest absolute Gasteiger partial charge is 0.339 e. The van der Waals surface area contributed by atoms with Crippen LogP contribution in [-0.4, -0.2) is 54.3 Å². The summed E-state index contributed by atoms with van der Waals surface area (Å²) >= 11 is 0. The van der Waals surface area contributed by atoms with Crippen LogP contribution in [0.1, 0.15) is 42.6 Å². The average Bonchev–Trinajstić information content (AvgIpc) is 2.68. The molecule has 1 aromatic rings. The van der Waals surface area contributed by atoms with E-state index >= 15 is 0 Å². The highest BCUT2D eigenvalue weighted by Gasteiger charge is 2.38. The first-order chi connectivity index (χ1) is 12.7. The van der Waals surface area contributed by atoms with Gasteiger partial charge in [-0.25, -0.2) is 0 Å². The minimum absolute atomic E-state index is 0. The third-order valence-corrected chi connectivity index (χ3v) is 5.51. The minimum Gasteiger partial charge on any atom is -0.339 e. The Kier molecular flexibility index (Phi) is 8.31. The summed E-state index contributed by atoms with van der Waals surface area (Å²) in [5.74, 6) is -0.316. The molecule has 2 rings (SSSR count). The van der Waals surface area contributed by atoms with Crippen LogP contribution in [0.4, 0.5) is 13.2 Å². The number of halogens is 4. The molecule has 2 amide bonds. The van der Waals surface area contributed by atoms with Gasteiger partial charge in [0.1, 0.15) is 0 Å². The third-order valence-electron chi connectivity index (χ3n) is 5.51. The highest BCUT2D eigenvalue weighted by Crippen LogP contribution is 2.30. The zero-order valence-electron chi connectivity index (χ0n) is 16.1. The van der Waals surface area contributed by atoms with Crippen LogP contribution in [-0.2, 0) is 11.0 Å². The number of carbonyl (C=O) groups excluding carboxylic acids is 2.